The van der Waals surface area contributed by atoms with Crippen molar-refractivity contribution in [3.05, 3.63) is 88.7 Å². The number of nitrogens with zero attached hydrogens (tertiary/aromatic N) is 3. The SMILES string of the molecule is CCC(C)c1ccc(OC)c(-c2cc(OC)c(OC)cc2CN(Cc2cc(C(F)(F)F)cc(C(F)(F)F)c2)c2ncc(OCCCC(=O)O)cn2)c1. The topological polar surface area (TPSA) is 103 Å². The summed E-state index contributed by atoms with van der Waals surface area (Å²) in [5, 5.41) is 8.87. The van der Waals surface area contributed by atoms with Gasteiger partial charge >= 0.3 is 18.3 Å². The van der Waals surface area contributed by atoms with E-state index in [4.69, 9.17) is 24.1 Å². The van der Waals surface area contributed by atoms with Gasteiger partial charge < -0.3 is 29.0 Å². The molecular weight excluding hydrogens is 696 g/mol. The molecule has 4 rings (SSSR count). The van der Waals surface area contributed by atoms with Crippen LogP contribution in [0.25, 0.3) is 11.1 Å². The van der Waals surface area contributed by atoms with Crippen LogP contribution in [-0.4, -0.2) is 49.0 Å². The summed E-state index contributed by atoms with van der Waals surface area (Å²) in [7, 11) is 4.41. The molecule has 0 saturated heterocycles. The van der Waals surface area contributed by atoms with Gasteiger partial charge in [0.1, 0.15) is 5.75 Å². The maximum atomic E-state index is 13.9. The summed E-state index contributed by atoms with van der Waals surface area (Å²) in [6.07, 6.45) is -6.58. The average molecular weight is 736 g/mol. The van der Waals surface area contributed by atoms with Crippen LogP contribution in [0.1, 0.15) is 66.8 Å². The molecule has 9 nitrogen and oxygen atoms in total. The van der Waals surface area contributed by atoms with Crippen LogP contribution < -0.4 is 23.8 Å². The number of aromatic nitrogens is 2. The molecule has 280 valence electrons. The number of alkyl halides is 6. The van der Waals surface area contributed by atoms with Gasteiger partial charge in [-0.15, -0.1) is 0 Å². The fourth-order valence-electron chi connectivity index (χ4n) is 5.48. The molecule has 0 radical (unpaired) electrons. The van der Waals surface area contributed by atoms with E-state index in [0.29, 0.717) is 46.1 Å². The zero-order chi connectivity index (χ0) is 38.2. The van der Waals surface area contributed by atoms with Crippen LogP contribution in [0.15, 0.2) is 60.9 Å². The predicted octanol–water partition coefficient (Wildman–Crippen LogP) is 9.17. The van der Waals surface area contributed by atoms with E-state index < -0.39 is 36.0 Å². The summed E-state index contributed by atoms with van der Waals surface area (Å²) < 4.78 is 106. The average Bonchev–Trinajstić information content (AvgIpc) is 3.11. The third-order valence-electron chi connectivity index (χ3n) is 8.39. The van der Waals surface area contributed by atoms with E-state index in [-0.39, 0.29) is 55.2 Å². The van der Waals surface area contributed by atoms with Gasteiger partial charge in [-0.2, -0.15) is 26.3 Å². The minimum absolute atomic E-state index is 0.0371. The number of carboxylic acid groups (broad SMARTS) is 1. The highest BCUT2D eigenvalue weighted by Gasteiger charge is 2.37. The predicted molar refractivity (Wildman–Crippen MR) is 181 cm³/mol. The van der Waals surface area contributed by atoms with E-state index in [1.807, 2.05) is 18.2 Å². The molecule has 0 fully saturated rings. The van der Waals surface area contributed by atoms with E-state index in [0.717, 1.165) is 12.0 Å². The van der Waals surface area contributed by atoms with Gasteiger partial charge in [0.25, 0.3) is 0 Å². The van der Waals surface area contributed by atoms with Gasteiger partial charge in [-0.1, -0.05) is 19.9 Å². The van der Waals surface area contributed by atoms with Crippen LogP contribution in [0.2, 0.25) is 0 Å². The standard InChI is InChI=1S/C37H39F6N3O6/c1-6-22(2)24-9-10-31(49-3)30(14-24)29-17-33(51-5)32(50-4)15-25(29)21-46(35-44-18-28(19-45-35)52-11-7-8-34(47)48)20-23-12-26(36(38,39)40)16-27(13-23)37(41,42)43/h9-10,12-19,22H,6-8,11,20-21H2,1-5H3,(H,47,48). The number of hydrogen-bond donors (Lipinski definition) is 1. The fraction of sp³-hybridized carbons (Fsp3) is 0.378. The molecule has 1 aromatic heterocycles. The maximum Gasteiger partial charge on any atom is 0.416 e. The van der Waals surface area contributed by atoms with Gasteiger partial charge in [-0.05, 0) is 83.5 Å². The smallest absolute Gasteiger partial charge is 0.416 e. The summed E-state index contributed by atoms with van der Waals surface area (Å²) in [4.78, 5) is 20.9. The Morgan fingerprint density at radius 3 is 1.94 bits per heavy atom. The lowest BCUT2D eigenvalue weighted by Gasteiger charge is -2.26. The van der Waals surface area contributed by atoms with Gasteiger partial charge in [-0.3, -0.25) is 4.79 Å². The van der Waals surface area contributed by atoms with Crippen LogP contribution in [0, 0.1) is 0 Å². The molecule has 0 aliphatic rings. The zero-order valence-electron chi connectivity index (χ0n) is 29.2. The maximum absolute atomic E-state index is 13.9. The molecule has 0 saturated carbocycles. The molecule has 3 aromatic carbocycles. The number of aliphatic carboxylic acids is 1. The van der Waals surface area contributed by atoms with Gasteiger partial charge in [0.15, 0.2) is 17.2 Å². The van der Waals surface area contributed by atoms with Crippen molar-refractivity contribution in [3.8, 4) is 34.1 Å². The van der Waals surface area contributed by atoms with Gasteiger partial charge in [0.2, 0.25) is 5.95 Å². The number of methoxy groups -OCH3 is 3. The van der Waals surface area contributed by atoms with Crippen molar-refractivity contribution in [2.24, 2.45) is 0 Å². The number of hydrogen-bond acceptors (Lipinski definition) is 8. The third kappa shape index (κ3) is 9.98. The molecule has 1 heterocycles. The molecule has 15 heteroatoms. The van der Waals surface area contributed by atoms with Crippen molar-refractivity contribution < 1.29 is 55.2 Å². The van der Waals surface area contributed by atoms with Crippen molar-refractivity contribution in [1.82, 2.24) is 9.97 Å². The molecule has 0 aliphatic heterocycles. The molecule has 0 aliphatic carbocycles. The molecule has 0 amide bonds. The number of benzene rings is 3. The van der Waals surface area contributed by atoms with Crippen LogP contribution in [0.4, 0.5) is 32.3 Å². The molecule has 4 aromatic rings. The van der Waals surface area contributed by atoms with Crippen LogP contribution in [0.3, 0.4) is 0 Å². The number of carboxylic acids is 1. The first-order valence-electron chi connectivity index (χ1n) is 16.2. The van der Waals surface area contributed by atoms with E-state index >= 15 is 0 Å². The molecule has 1 unspecified atom stereocenters. The Morgan fingerprint density at radius 2 is 1.40 bits per heavy atom. The largest absolute Gasteiger partial charge is 0.496 e. The fourth-order valence-corrected chi connectivity index (χ4v) is 5.48. The first-order chi connectivity index (χ1) is 24.6. The molecule has 1 atom stereocenters. The van der Waals surface area contributed by atoms with E-state index in [2.05, 4.69) is 23.8 Å². The summed E-state index contributed by atoms with van der Waals surface area (Å²) in [6, 6.07) is 10.5. The minimum Gasteiger partial charge on any atom is -0.496 e. The zero-order valence-corrected chi connectivity index (χ0v) is 29.2. The lowest BCUT2D eigenvalue weighted by Crippen LogP contribution is -2.25. The summed E-state index contributed by atoms with van der Waals surface area (Å²) in [6.45, 7) is 3.59. The number of ether oxygens (including phenoxy) is 4. The van der Waals surface area contributed by atoms with Gasteiger partial charge in [0, 0.05) is 25.1 Å². The minimum atomic E-state index is -5.05. The highest BCUT2D eigenvalue weighted by Crippen LogP contribution is 2.42. The normalized spacial score (nSPS) is 12.3. The van der Waals surface area contributed by atoms with Crippen LogP contribution >= 0.6 is 0 Å². The summed E-state index contributed by atoms with van der Waals surface area (Å²) >= 11 is 0. The van der Waals surface area contributed by atoms with Crippen molar-refractivity contribution in [3.63, 3.8) is 0 Å². The number of anilines is 1. The summed E-state index contributed by atoms with van der Waals surface area (Å²) in [5.41, 5.74) is -0.384. The second-order valence-corrected chi connectivity index (χ2v) is 12.0. The van der Waals surface area contributed by atoms with Crippen LogP contribution in [0.5, 0.6) is 23.0 Å². The molecule has 0 spiro atoms. The molecule has 0 bridgehead atoms. The molecular formula is C37H39F6N3O6. The second kappa shape index (κ2) is 16.9. The number of rotatable bonds is 16. The Kier molecular flexibility index (Phi) is 12.8. The van der Waals surface area contributed by atoms with E-state index in [1.165, 1.54) is 38.6 Å². The first-order valence-corrected chi connectivity index (χ1v) is 16.2. The third-order valence-corrected chi connectivity index (χ3v) is 8.39. The molecule has 1 N–H and O–H groups in total. The van der Waals surface area contributed by atoms with Crippen molar-refractivity contribution >= 4 is 11.9 Å². The quantitative estimate of drug-likeness (QED) is 0.0892. The summed E-state index contributed by atoms with van der Waals surface area (Å²) in [5.74, 6) is 0.552. The van der Waals surface area contributed by atoms with E-state index in [9.17, 15) is 31.1 Å². The van der Waals surface area contributed by atoms with E-state index in [1.54, 1.807) is 12.1 Å². The van der Waals surface area contributed by atoms with Crippen molar-refractivity contribution in [2.45, 2.75) is 64.5 Å². The Balaban J connectivity index is 1.88. The van der Waals surface area contributed by atoms with Crippen LogP contribution in [-0.2, 0) is 30.2 Å². The highest BCUT2D eigenvalue weighted by atomic mass is 19.4. The number of carbonyl (C=O) groups is 1. The van der Waals surface area contributed by atoms with Crippen molar-refractivity contribution in [2.75, 3.05) is 32.8 Å². The van der Waals surface area contributed by atoms with Crippen molar-refractivity contribution in [1.29, 1.82) is 0 Å². The monoisotopic (exact) mass is 735 g/mol. The Hall–Kier alpha value is -5.21. The Morgan fingerprint density at radius 1 is 0.808 bits per heavy atom. The highest BCUT2D eigenvalue weighted by molar-refractivity contribution is 5.77. The molecule has 52 heavy (non-hydrogen) atoms. The Labute approximate surface area is 297 Å². The Bertz CT molecular complexity index is 1800. The second-order valence-electron chi connectivity index (χ2n) is 12.0. The van der Waals surface area contributed by atoms with Gasteiger partial charge in [0.05, 0.1) is 51.5 Å². The number of halogens is 6. The lowest BCUT2D eigenvalue weighted by molar-refractivity contribution is -0.143. The first kappa shape index (κ1) is 39.6. The lowest BCUT2D eigenvalue weighted by atomic mass is 9.91. The van der Waals surface area contributed by atoms with Gasteiger partial charge in [-0.25, -0.2) is 9.97 Å².